The number of fused-ring (bicyclic) bond motifs is 1. The Labute approximate surface area is 88.5 Å². The summed E-state index contributed by atoms with van der Waals surface area (Å²) in [4.78, 5) is 14.5. The molecule has 1 unspecified atom stereocenters. The van der Waals surface area contributed by atoms with Gasteiger partial charge in [-0.25, -0.2) is 0 Å². The minimum atomic E-state index is -0.0441. The first-order valence-corrected chi connectivity index (χ1v) is 4.79. The standard InChI is InChI=1S/C10H10NO3P/c1-13-9-4-6-7(5-10(9)14-15)11-3-2-8(6)12/h2-5H,15H2,1H3,(H,11,12). The quantitative estimate of drug-likeness (QED) is 0.788. The van der Waals surface area contributed by atoms with E-state index < -0.39 is 0 Å². The van der Waals surface area contributed by atoms with Crippen molar-refractivity contribution < 1.29 is 9.26 Å². The number of benzene rings is 1. The van der Waals surface area contributed by atoms with Crippen molar-refractivity contribution in [3.63, 3.8) is 0 Å². The maximum absolute atomic E-state index is 11.5. The monoisotopic (exact) mass is 223 g/mol. The molecule has 0 fully saturated rings. The van der Waals surface area contributed by atoms with E-state index >= 15 is 0 Å². The van der Waals surface area contributed by atoms with Crippen LogP contribution in [0.2, 0.25) is 0 Å². The van der Waals surface area contributed by atoms with Crippen molar-refractivity contribution in [2.24, 2.45) is 0 Å². The Kier molecular flexibility index (Phi) is 2.60. The number of hydrogen-bond donors (Lipinski definition) is 1. The highest BCUT2D eigenvalue weighted by molar-refractivity contribution is 7.10. The van der Waals surface area contributed by atoms with E-state index in [2.05, 4.69) is 14.5 Å². The molecule has 2 rings (SSSR count). The Morgan fingerprint density at radius 3 is 2.80 bits per heavy atom. The van der Waals surface area contributed by atoms with Gasteiger partial charge in [0.2, 0.25) is 0 Å². The molecule has 0 spiro atoms. The number of H-pyrrole nitrogens is 1. The Balaban J connectivity index is 2.81. The number of aromatic amines is 1. The maximum atomic E-state index is 11.5. The molecular formula is C10H10NO3P. The summed E-state index contributed by atoms with van der Waals surface area (Å²) < 4.78 is 10.2. The van der Waals surface area contributed by atoms with Crippen LogP contribution in [0.4, 0.5) is 0 Å². The Bertz CT molecular complexity index is 550. The first-order valence-electron chi connectivity index (χ1n) is 4.32. The summed E-state index contributed by atoms with van der Waals surface area (Å²) in [5.74, 6) is 1.10. The van der Waals surface area contributed by atoms with Crippen LogP contribution in [0.25, 0.3) is 10.9 Å². The molecule has 0 bridgehead atoms. The second-order valence-corrected chi connectivity index (χ2v) is 3.24. The number of nitrogens with one attached hydrogen (secondary N) is 1. The van der Waals surface area contributed by atoms with Gasteiger partial charge in [-0.05, 0) is 6.07 Å². The second kappa shape index (κ2) is 3.91. The average molecular weight is 223 g/mol. The molecule has 0 aliphatic carbocycles. The van der Waals surface area contributed by atoms with Crippen molar-refractivity contribution in [1.82, 2.24) is 4.98 Å². The van der Waals surface area contributed by atoms with Gasteiger partial charge in [-0.15, -0.1) is 0 Å². The van der Waals surface area contributed by atoms with Gasteiger partial charge in [0.25, 0.3) is 0 Å². The molecule has 2 aromatic rings. The van der Waals surface area contributed by atoms with Gasteiger partial charge in [0.15, 0.2) is 16.9 Å². The lowest BCUT2D eigenvalue weighted by Gasteiger charge is -2.07. The van der Waals surface area contributed by atoms with Crippen LogP contribution in [0, 0.1) is 0 Å². The van der Waals surface area contributed by atoms with Crippen LogP contribution < -0.4 is 14.7 Å². The lowest BCUT2D eigenvalue weighted by molar-refractivity contribution is 0.400. The van der Waals surface area contributed by atoms with Crippen LogP contribution >= 0.6 is 9.47 Å². The highest BCUT2D eigenvalue weighted by atomic mass is 31.0. The SMILES string of the molecule is COc1cc2c(=O)cc[nH]c2cc1OP. The normalized spacial score (nSPS) is 10.3. The Morgan fingerprint density at radius 2 is 2.13 bits per heavy atom. The number of pyridine rings is 1. The summed E-state index contributed by atoms with van der Waals surface area (Å²) in [5, 5.41) is 0.583. The molecule has 1 aromatic carbocycles. The van der Waals surface area contributed by atoms with Gasteiger partial charge < -0.3 is 14.2 Å². The van der Waals surface area contributed by atoms with E-state index in [-0.39, 0.29) is 5.43 Å². The number of hydrogen-bond acceptors (Lipinski definition) is 3. The molecule has 0 aliphatic rings. The number of rotatable bonds is 2. The molecule has 0 saturated carbocycles. The molecule has 78 valence electrons. The topological polar surface area (TPSA) is 51.3 Å². The lowest BCUT2D eigenvalue weighted by atomic mass is 10.2. The van der Waals surface area contributed by atoms with Crippen LogP contribution in [0.3, 0.4) is 0 Å². The summed E-state index contributed by atoms with van der Waals surface area (Å²) in [7, 11) is 3.68. The summed E-state index contributed by atoms with van der Waals surface area (Å²) in [6.07, 6.45) is 1.60. The van der Waals surface area contributed by atoms with Crippen LogP contribution in [0.5, 0.6) is 11.5 Å². The molecule has 1 aromatic heterocycles. The predicted octanol–water partition coefficient (Wildman–Crippen LogP) is 1.71. The fourth-order valence-corrected chi connectivity index (χ4v) is 1.62. The van der Waals surface area contributed by atoms with Crippen molar-refractivity contribution in [3.8, 4) is 11.5 Å². The maximum Gasteiger partial charge on any atom is 0.189 e. The Morgan fingerprint density at radius 1 is 1.33 bits per heavy atom. The third kappa shape index (κ3) is 1.68. The highest BCUT2D eigenvalue weighted by Crippen LogP contribution is 2.31. The summed E-state index contributed by atoms with van der Waals surface area (Å²) in [5.41, 5.74) is 0.679. The number of ether oxygens (including phenoxy) is 1. The van der Waals surface area contributed by atoms with Gasteiger partial charge in [0.05, 0.1) is 22.1 Å². The van der Waals surface area contributed by atoms with Crippen molar-refractivity contribution in [3.05, 3.63) is 34.6 Å². The zero-order valence-electron chi connectivity index (χ0n) is 8.11. The molecule has 1 N–H and O–H groups in total. The van der Waals surface area contributed by atoms with Gasteiger partial charge in [-0.1, -0.05) is 0 Å². The summed E-state index contributed by atoms with van der Waals surface area (Å²) in [6.45, 7) is 0. The lowest BCUT2D eigenvalue weighted by Crippen LogP contribution is -2.00. The minimum absolute atomic E-state index is 0.0441. The molecule has 0 radical (unpaired) electrons. The minimum Gasteiger partial charge on any atom is -0.493 e. The van der Waals surface area contributed by atoms with Gasteiger partial charge in [-0.2, -0.15) is 0 Å². The molecule has 5 heteroatoms. The van der Waals surface area contributed by atoms with E-state index in [1.807, 2.05) is 0 Å². The zero-order valence-corrected chi connectivity index (χ0v) is 9.27. The fraction of sp³-hybridized carbons (Fsp3) is 0.100. The van der Waals surface area contributed by atoms with E-state index in [0.29, 0.717) is 16.9 Å². The van der Waals surface area contributed by atoms with Crippen molar-refractivity contribution in [2.75, 3.05) is 7.11 Å². The van der Waals surface area contributed by atoms with Gasteiger partial charge in [0.1, 0.15) is 0 Å². The zero-order chi connectivity index (χ0) is 10.8. The van der Waals surface area contributed by atoms with Gasteiger partial charge in [-0.3, -0.25) is 4.79 Å². The summed E-state index contributed by atoms with van der Waals surface area (Å²) >= 11 is 0. The molecule has 0 saturated heterocycles. The van der Waals surface area contributed by atoms with E-state index in [9.17, 15) is 4.79 Å². The molecule has 1 atom stereocenters. The van der Waals surface area contributed by atoms with Gasteiger partial charge >= 0.3 is 0 Å². The summed E-state index contributed by atoms with van der Waals surface area (Å²) in [6, 6.07) is 4.86. The molecule has 0 aliphatic heterocycles. The van der Waals surface area contributed by atoms with Crippen molar-refractivity contribution in [1.29, 1.82) is 0 Å². The van der Waals surface area contributed by atoms with E-state index in [1.165, 1.54) is 13.2 Å². The first kappa shape index (κ1) is 9.99. The number of aromatic nitrogens is 1. The smallest absolute Gasteiger partial charge is 0.189 e. The van der Waals surface area contributed by atoms with Crippen LogP contribution in [0.1, 0.15) is 0 Å². The van der Waals surface area contributed by atoms with Crippen LogP contribution in [-0.4, -0.2) is 12.1 Å². The van der Waals surface area contributed by atoms with Gasteiger partial charge in [0, 0.05) is 23.7 Å². The van der Waals surface area contributed by atoms with E-state index in [0.717, 1.165) is 5.52 Å². The molecular weight excluding hydrogens is 213 g/mol. The second-order valence-electron chi connectivity index (χ2n) is 3.01. The van der Waals surface area contributed by atoms with Crippen molar-refractivity contribution >= 4 is 20.4 Å². The molecule has 4 nitrogen and oxygen atoms in total. The Hall–Kier alpha value is -1.54. The first-order chi connectivity index (χ1) is 7.26. The average Bonchev–Trinajstić information content (AvgIpc) is 2.28. The third-order valence-electron chi connectivity index (χ3n) is 2.17. The van der Waals surface area contributed by atoms with Crippen LogP contribution in [-0.2, 0) is 0 Å². The molecule has 15 heavy (non-hydrogen) atoms. The largest absolute Gasteiger partial charge is 0.493 e. The van der Waals surface area contributed by atoms with E-state index in [1.54, 1.807) is 18.3 Å². The van der Waals surface area contributed by atoms with E-state index in [4.69, 9.17) is 9.26 Å². The number of methoxy groups -OCH3 is 1. The van der Waals surface area contributed by atoms with Crippen molar-refractivity contribution in [2.45, 2.75) is 0 Å². The molecule has 1 heterocycles. The fourth-order valence-electron chi connectivity index (χ4n) is 1.43. The highest BCUT2D eigenvalue weighted by Gasteiger charge is 2.07. The van der Waals surface area contributed by atoms with Crippen LogP contribution in [0.15, 0.2) is 29.2 Å². The third-order valence-corrected chi connectivity index (χ3v) is 2.42. The molecule has 0 amide bonds. The predicted molar refractivity (Wildman–Crippen MR) is 61.5 cm³/mol.